The zero-order valence-electron chi connectivity index (χ0n) is 10.7. The standard InChI is InChI=1S/C13H14N2O4S/c16-13(17)10-6-3-4-8-15(10)12-9-5-1-2-7-11(9)20(18,19)14-12/h1-2,5,7,10H,3-4,6,8H2,(H,16,17). The van der Waals surface area contributed by atoms with Crippen LogP contribution in [0.5, 0.6) is 0 Å². The number of fused-ring (bicyclic) bond motifs is 1. The van der Waals surface area contributed by atoms with Crippen LogP contribution in [0.1, 0.15) is 24.8 Å². The maximum Gasteiger partial charge on any atom is 0.326 e. The van der Waals surface area contributed by atoms with Gasteiger partial charge in [-0.2, -0.15) is 8.42 Å². The van der Waals surface area contributed by atoms with Gasteiger partial charge in [0, 0.05) is 12.1 Å². The van der Waals surface area contributed by atoms with Crippen molar-refractivity contribution in [2.24, 2.45) is 4.40 Å². The molecule has 0 amide bonds. The molecule has 0 radical (unpaired) electrons. The van der Waals surface area contributed by atoms with Crippen LogP contribution in [0.25, 0.3) is 0 Å². The Balaban J connectivity index is 2.08. The van der Waals surface area contributed by atoms with Gasteiger partial charge in [0.2, 0.25) is 0 Å². The zero-order chi connectivity index (χ0) is 14.3. The van der Waals surface area contributed by atoms with E-state index < -0.39 is 22.0 Å². The number of carboxylic acids is 1. The largest absolute Gasteiger partial charge is 0.480 e. The van der Waals surface area contributed by atoms with Crippen molar-refractivity contribution < 1.29 is 18.3 Å². The van der Waals surface area contributed by atoms with Gasteiger partial charge in [0.15, 0.2) is 5.84 Å². The van der Waals surface area contributed by atoms with Crippen LogP contribution in [0.15, 0.2) is 33.6 Å². The molecule has 1 atom stereocenters. The molecule has 0 aliphatic carbocycles. The maximum atomic E-state index is 12.0. The van der Waals surface area contributed by atoms with Crippen LogP contribution in [0.3, 0.4) is 0 Å². The van der Waals surface area contributed by atoms with Gasteiger partial charge in [0.05, 0.1) is 0 Å². The summed E-state index contributed by atoms with van der Waals surface area (Å²) >= 11 is 0. The molecule has 1 aromatic rings. The number of sulfonamides is 1. The summed E-state index contributed by atoms with van der Waals surface area (Å²) in [6.45, 7) is 0.514. The molecule has 3 rings (SSSR count). The molecule has 0 bridgehead atoms. The summed E-state index contributed by atoms with van der Waals surface area (Å²) in [6.07, 6.45) is 2.18. The third-order valence-corrected chi connectivity index (χ3v) is 5.00. The first kappa shape index (κ1) is 13.1. The summed E-state index contributed by atoms with van der Waals surface area (Å²) in [5.41, 5.74) is 0.501. The predicted molar refractivity (Wildman–Crippen MR) is 72.1 cm³/mol. The molecule has 0 saturated carbocycles. The Hall–Kier alpha value is -1.89. The lowest BCUT2D eigenvalue weighted by Crippen LogP contribution is -2.47. The third kappa shape index (κ3) is 1.98. The number of piperidine rings is 1. The lowest BCUT2D eigenvalue weighted by Gasteiger charge is -2.34. The van der Waals surface area contributed by atoms with Gasteiger partial charge in [0.1, 0.15) is 10.9 Å². The van der Waals surface area contributed by atoms with Gasteiger partial charge in [-0.05, 0) is 31.4 Å². The van der Waals surface area contributed by atoms with Crippen molar-refractivity contribution in [2.45, 2.75) is 30.2 Å². The molecule has 1 saturated heterocycles. The Morgan fingerprint density at radius 2 is 2.05 bits per heavy atom. The summed E-state index contributed by atoms with van der Waals surface area (Å²) in [4.78, 5) is 13.1. The normalized spacial score (nSPS) is 24.1. The van der Waals surface area contributed by atoms with E-state index in [0.717, 1.165) is 12.8 Å². The Morgan fingerprint density at radius 3 is 2.80 bits per heavy atom. The predicted octanol–water partition coefficient (Wildman–Crippen LogP) is 1.07. The fourth-order valence-electron chi connectivity index (χ4n) is 2.74. The molecule has 1 N–H and O–H groups in total. The van der Waals surface area contributed by atoms with Gasteiger partial charge in [-0.25, -0.2) is 4.79 Å². The zero-order valence-corrected chi connectivity index (χ0v) is 11.5. The van der Waals surface area contributed by atoms with E-state index in [1.807, 2.05) is 0 Å². The lowest BCUT2D eigenvalue weighted by molar-refractivity contribution is -0.142. The Labute approximate surface area is 116 Å². The van der Waals surface area contributed by atoms with Crippen LogP contribution in [0, 0.1) is 0 Å². The van der Waals surface area contributed by atoms with E-state index in [2.05, 4.69) is 4.40 Å². The number of likely N-dealkylation sites (tertiary alicyclic amines) is 1. The van der Waals surface area contributed by atoms with Crippen LogP contribution >= 0.6 is 0 Å². The average Bonchev–Trinajstić information content (AvgIpc) is 2.71. The lowest BCUT2D eigenvalue weighted by atomic mass is 10.0. The fourth-order valence-corrected chi connectivity index (χ4v) is 3.95. The number of aliphatic carboxylic acids is 1. The van der Waals surface area contributed by atoms with Gasteiger partial charge in [-0.15, -0.1) is 4.40 Å². The summed E-state index contributed by atoms with van der Waals surface area (Å²) in [5.74, 6) is -0.665. The summed E-state index contributed by atoms with van der Waals surface area (Å²) < 4.78 is 27.8. The van der Waals surface area contributed by atoms with Gasteiger partial charge in [-0.3, -0.25) is 0 Å². The molecule has 1 unspecified atom stereocenters. The topological polar surface area (TPSA) is 87.0 Å². The molecule has 2 aliphatic heterocycles. The highest BCUT2D eigenvalue weighted by atomic mass is 32.2. The van der Waals surface area contributed by atoms with Crippen molar-refractivity contribution in [3.63, 3.8) is 0 Å². The minimum Gasteiger partial charge on any atom is -0.480 e. The van der Waals surface area contributed by atoms with Crippen LogP contribution < -0.4 is 0 Å². The average molecular weight is 294 g/mol. The number of carbonyl (C=O) groups is 1. The van der Waals surface area contributed by atoms with Gasteiger partial charge < -0.3 is 10.0 Å². The molecule has 0 aromatic heterocycles. The minimum absolute atomic E-state index is 0.157. The number of amidine groups is 1. The van der Waals surface area contributed by atoms with Crippen LogP contribution in [-0.2, 0) is 14.8 Å². The van der Waals surface area contributed by atoms with E-state index in [1.165, 1.54) is 6.07 Å². The van der Waals surface area contributed by atoms with E-state index in [9.17, 15) is 18.3 Å². The number of carboxylic acid groups (broad SMARTS) is 1. The molecular weight excluding hydrogens is 280 g/mol. The van der Waals surface area contributed by atoms with Crippen LogP contribution in [-0.4, -0.2) is 42.8 Å². The second-order valence-corrected chi connectivity index (χ2v) is 6.50. The fraction of sp³-hybridized carbons (Fsp3) is 0.385. The van der Waals surface area contributed by atoms with Crippen molar-refractivity contribution in [3.05, 3.63) is 29.8 Å². The number of hydrogen-bond donors (Lipinski definition) is 1. The molecule has 6 nitrogen and oxygen atoms in total. The molecule has 0 spiro atoms. The molecular formula is C13H14N2O4S. The first-order valence-corrected chi connectivity index (χ1v) is 7.88. The minimum atomic E-state index is -3.70. The number of rotatable bonds is 1. The van der Waals surface area contributed by atoms with E-state index in [0.29, 0.717) is 18.5 Å². The van der Waals surface area contributed by atoms with Gasteiger partial charge in [0.25, 0.3) is 10.0 Å². The van der Waals surface area contributed by atoms with Crippen molar-refractivity contribution in [1.29, 1.82) is 0 Å². The van der Waals surface area contributed by atoms with Crippen LogP contribution in [0.2, 0.25) is 0 Å². The maximum absolute atomic E-state index is 12.0. The van der Waals surface area contributed by atoms with E-state index in [4.69, 9.17) is 0 Å². The highest BCUT2D eigenvalue weighted by molar-refractivity contribution is 7.90. The van der Waals surface area contributed by atoms with Crippen LogP contribution in [0.4, 0.5) is 0 Å². The number of nitrogens with zero attached hydrogens (tertiary/aromatic N) is 2. The van der Waals surface area contributed by atoms with Crippen molar-refractivity contribution in [2.75, 3.05) is 6.54 Å². The molecule has 7 heteroatoms. The SMILES string of the molecule is O=C(O)C1CCCCN1C1=NS(=O)(=O)c2ccccc21. The summed E-state index contributed by atoms with van der Waals surface area (Å²) in [7, 11) is -3.70. The van der Waals surface area contributed by atoms with E-state index in [-0.39, 0.29) is 10.7 Å². The Kier molecular flexibility index (Phi) is 3.01. The quantitative estimate of drug-likeness (QED) is 0.837. The highest BCUT2D eigenvalue weighted by Crippen LogP contribution is 2.30. The Morgan fingerprint density at radius 1 is 1.30 bits per heavy atom. The monoisotopic (exact) mass is 294 g/mol. The number of benzene rings is 1. The first-order chi connectivity index (χ1) is 9.50. The Bertz CT molecular complexity index is 696. The molecule has 2 aliphatic rings. The van der Waals surface area contributed by atoms with E-state index in [1.54, 1.807) is 23.1 Å². The number of hydrogen-bond acceptors (Lipinski definition) is 4. The van der Waals surface area contributed by atoms with Gasteiger partial charge >= 0.3 is 5.97 Å². The molecule has 1 fully saturated rings. The third-order valence-electron chi connectivity index (χ3n) is 3.67. The summed E-state index contributed by atoms with van der Waals surface area (Å²) in [6, 6.07) is 5.84. The van der Waals surface area contributed by atoms with Crippen molar-refractivity contribution in [1.82, 2.24) is 4.90 Å². The second kappa shape index (κ2) is 4.59. The smallest absolute Gasteiger partial charge is 0.326 e. The van der Waals surface area contributed by atoms with Crippen molar-refractivity contribution >= 4 is 21.8 Å². The summed E-state index contributed by atoms with van der Waals surface area (Å²) in [5, 5.41) is 9.30. The van der Waals surface area contributed by atoms with Crippen molar-refractivity contribution in [3.8, 4) is 0 Å². The molecule has 2 heterocycles. The first-order valence-electron chi connectivity index (χ1n) is 6.44. The highest BCUT2D eigenvalue weighted by Gasteiger charge is 2.37. The van der Waals surface area contributed by atoms with Gasteiger partial charge in [-0.1, -0.05) is 12.1 Å². The second-order valence-electron chi connectivity index (χ2n) is 4.93. The molecule has 1 aromatic carbocycles. The van der Waals surface area contributed by atoms with E-state index >= 15 is 0 Å². The molecule has 106 valence electrons. The molecule has 20 heavy (non-hydrogen) atoms.